The van der Waals surface area contributed by atoms with Crippen molar-refractivity contribution in [1.29, 1.82) is 0 Å². The van der Waals surface area contributed by atoms with Crippen molar-refractivity contribution < 1.29 is 24.4 Å². The van der Waals surface area contributed by atoms with Gasteiger partial charge in [-0.15, -0.1) is 0 Å². The van der Waals surface area contributed by atoms with Gasteiger partial charge in [-0.05, 0) is 5.92 Å². The summed E-state index contributed by atoms with van der Waals surface area (Å²) >= 11 is 0. The molecule has 2 unspecified atom stereocenters. The van der Waals surface area contributed by atoms with Crippen molar-refractivity contribution in [2.45, 2.75) is 32.7 Å². The van der Waals surface area contributed by atoms with Gasteiger partial charge in [0.2, 0.25) is 23.6 Å². The molecule has 4 amide bonds. The molecule has 0 fully saturated rings. The van der Waals surface area contributed by atoms with E-state index in [1.165, 1.54) is 5.48 Å². The van der Waals surface area contributed by atoms with Crippen molar-refractivity contribution >= 4 is 23.6 Å². The third-order valence-corrected chi connectivity index (χ3v) is 2.74. The second-order valence-electron chi connectivity index (χ2n) is 4.72. The Bertz CT molecular complexity index is 396. The lowest BCUT2D eigenvalue weighted by Gasteiger charge is -2.22. The van der Waals surface area contributed by atoms with Crippen molar-refractivity contribution in [3.8, 4) is 0 Å². The number of hydrogen-bond donors (Lipinski definition) is 5. The second kappa shape index (κ2) is 8.10. The van der Waals surface area contributed by atoms with Gasteiger partial charge in [0.1, 0.15) is 6.04 Å². The summed E-state index contributed by atoms with van der Waals surface area (Å²) < 4.78 is 0. The minimum Gasteiger partial charge on any atom is -0.370 e. The zero-order chi connectivity index (χ0) is 15.9. The third-order valence-electron chi connectivity index (χ3n) is 2.74. The van der Waals surface area contributed by atoms with Gasteiger partial charge in [0.25, 0.3) is 0 Å². The Morgan fingerprint density at radius 1 is 1.10 bits per heavy atom. The Hall–Kier alpha value is -2.16. The quantitative estimate of drug-likeness (QED) is 0.257. The van der Waals surface area contributed by atoms with Crippen LogP contribution in [0.1, 0.15) is 26.7 Å². The van der Waals surface area contributed by atoms with E-state index in [0.717, 1.165) is 0 Å². The molecule has 0 aromatic carbocycles. The topological polar surface area (TPSA) is 165 Å². The molecule has 0 rings (SSSR count). The molecule has 7 N–H and O–H groups in total. The van der Waals surface area contributed by atoms with Gasteiger partial charge in [0.05, 0.1) is 6.42 Å². The number of nitrogens with one attached hydrogen (secondary N) is 2. The van der Waals surface area contributed by atoms with Crippen molar-refractivity contribution in [3.05, 3.63) is 0 Å². The van der Waals surface area contributed by atoms with Gasteiger partial charge >= 0.3 is 0 Å². The molecule has 0 aliphatic heterocycles. The summed E-state index contributed by atoms with van der Waals surface area (Å²) in [5.41, 5.74) is 11.4. The van der Waals surface area contributed by atoms with E-state index in [0.29, 0.717) is 0 Å². The average Bonchev–Trinajstić information content (AvgIpc) is 2.33. The van der Waals surface area contributed by atoms with Crippen LogP contribution < -0.4 is 22.3 Å². The molecule has 20 heavy (non-hydrogen) atoms. The van der Waals surface area contributed by atoms with Crippen molar-refractivity contribution in [3.63, 3.8) is 0 Å². The normalized spacial score (nSPS) is 13.4. The Kier molecular flexibility index (Phi) is 7.22. The fourth-order valence-electron chi connectivity index (χ4n) is 1.58. The number of hydroxylamine groups is 1. The van der Waals surface area contributed by atoms with Crippen molar-refractivity contribution in [2.75, 3.05) is 0 Å². The maximum Gasteiger partial charge on any atom is 0.244 e. The number of nitrogens with two attached hydrogens (primary N) is 2. The van der Waals surface area contributed by atoms with Gasteiger partial charge < -0.3 is 16.8 Å². The summed E-state index contributed by atoms with van der Waals surface area (Å²) in [7, 11) is 0. The molecule has 0 aliphatic carbocycles. The average molecular weight is 288 g/mol. The summed E-state index contributed by atoms with van der Waals surface area (Å²) in [5, 5.41) is 10.8. The first-order chi connectivity index (χ1) is 9.18. The number of primary amides is 2. The third kappa shape index (κ3) is 6.14. The maximum absolute atomic E-state index is 12.0. The van der Waals surface area contributed by atoms with E-state index < -0.39 is 42.0 Å². The SMILES string of the molecule is CC(C)C(CC(=O)NO)C(=O)NC(CC(N)=O)C(N)=O. The lowest BCUT2D eigenvalue weighted by molar-refractivity contribution is -0.137. The molecule has 0 aliphatic rings. The molecule has 0 aromatic heterocycles. The van der Waals surface area contributed by atoms with Gasteiger partial charge in [-0.2, -0.15) is 0 Å². The zero-order valence-corrected chi connectivity index (χ0v) is 11.4. The van der Waals surface area contributed by atoms with E-state index in [4.69, 9.17) is 16.7 Å². The number of rotatable bonds is 8. The first kappa shape index (κ1) is 17.8. The molecule has 0 bridgehead atoms. The molecule has 9 nitrogen and oxygen atoms in total. The molecule has 9 heteroatoms. The highest BCUT2D eigenvalue weighted by atomic mass is 16.5. The molecular formula is C11H20N4O5. The Balaban J connectivity index is 4.84. The molecular weight excluding hydrogens is 268 g/mol. The summed E-state index contributed by atoms with van der Waals surface area (Å²) in [5.74, 6) is -4.04. The molecule has 0 saturated carbocycles. The van der Waals surface area contributed by atoms with Crippen LogP contribution in [0.4, 0.5) is 0 Å². The van der Waals surface area contributed by atoms with E-state index in [1.54, 1.807) is 13.8 Å². The largest absolute Gasteiger partial charge is 0.370 e. The van der Waals surface area contributed by atoms with E-state index in [2.05, 4.69) is 5.32 Å². The second-order valence-corrected chi connectivity index (χ2v) is 4.72. The van der Waals surface area contributed by atoms with Crippen LogP contribution in [0.25, 0.3) is 0 Å². The van der Waals surface area contributed by atoms with Crippen LogP contribution in [0.2, 0.25) is 0 Å². The number of carbonyl (C=O) groups excluding carboxylic acids is 4. The standard InChI is InChI=1S/C11H20N4O5/c1-5(2)6(3-9(17)15-20)11(19)14-7(10(13)18)4-8(12)16/h5-7,20H,3-4H2,1-2H3,(H2,12,16)(H2,13,18)(H,14,19)(H,15,17). The summed E-state index contributed by atoms with van der Waals surface area (Å²) in [6, 6.07) is -1.22. The molecule has 0 radical (unpaired) electrons. The first-order valence-electron chi connectivity index (χ1n) is 6.00. The highest BCUT2D eigenvalue weighted by molar-refractivity contribution is 5.92. The summed E-state index contributed by atoms with van der Waals surface area (Å²) in [6.07, 6.45) is -0.680. The summed E-state index contributed by atoms with van der Waals surface area (Å²) in [6.45, 7) is 3.39. The van der Waals surface area contributed by atoms with Crippen LogP contribution in [0, 0.1) is 11.8 Å². The molecule has 0 heterocycles. The van der Waals surface area contributed by atoms with E-state index in [1.807, 2.05) is 0 Å². The Morgan fingerprint density at radius 2 is 1.65 bits per heavy atom. The van der Waals surface area contributed by atoms with Gasteiger partial charge in [-0.25, -0.2) is 5.48 Å². The van der Waals surface area contributed by atoms with Crippen LogP contribution in [-0.2, 0) is 19.2 Å². The van der Waals surface area contributed by atoms with Gasteiger partial charge in [0, 0.05) is 12.3 Å². The van der Waals surface area contributed by atoms with Crippen molar-refractivity contribution in [1.82, 2.24) is 10.8 Å². The van der Waals surface area contributed by atoms with Gasteiger partial charge in [-0.3, -0.25) is 24.4 Å². The lowest BCUT2D eigenvalue weighted by Crippen LogP contribution is -2.49. The van der Waals surface area contributed by atoms with E-state index >= 15 is 0 Å². The minimum atomic E-state index is -1.22. The van der Waals surface area contributed by atoms with Crippen LogP contribution in [0.3, 0.4) is 0 Å². The highest BCUT2D eigenvalue weighted by Crippen LogP contribution is 2.16. The molecule has 2 atom stereocenters. The minimum absolute atomic E-state index is 0.227. The highest BCUT2D eigenvalue weighted by Gasteiger charge is 2.29. The molecule has 114 valence electrons. The smallest absolute Gasteiger partial charge is 0.244 e. The monoisotopic (exact) mass is 288 g/mol. The van der Waals surface area contributed by atoms with Crippen LogP contribution in [0.15, 0.2) is 0 Å². The zero-order valence-electron chi connectivity index (χ0n) is 11.4. The van der Waals surface area contributed by atoms with E-state index in [-0.39, 0.29) is 12.3 Å². The Labute approximate surface area is 116 Å². The van der Waals surface area contributed by atoms with Crippen LogP contribution >= 0.6 is 0 Å². The maximum atomic E-state index is 12.0. The number of carbonyl (C=O) groups is 4. The fraction of sp³-hybridized carbons (Fsp3) is 0.636. The predicted octanol–water partition coefficient (Wildman–Crippen LogP) is -2.00. The lowest BCUT2D eigenvalue weighted by atomic mass is 9.91. The molecule has 0 spiro atoms. The first-order valence-corrected chi connectivity index (χ1v) is 6.00. The van der Waals surface area contributed by atoms with Crippen molar-refractivity contribution in [2.24, 2.45) is 23.3 Å². The Morgan fingerprint density at radius 3 is 2.00 bits per heavy atom. The van der Waals surface area contributed by atoms with Gasteiger partial charge in [-0.1, -0.05) is 13.8 Å². The fourth-order valence-corrected chi connectivity index (χ4v) is 1.58. The molecule has 0 aromatic rings. The van der Waals surface area contributed by atoms with Crippen LogP contribution in [0.5, 0.6) is 0 Å². The predicted molar refractivity (Wildman–Crippen MR) is 67.8 cm³/mol. The number of hydrogen-bond acceptors (Lipinski definition) is 5. The molecule has 0 saturated heterocycles. The van der Waals surface area contributed by atoms with E-state index in [9.17, 15) is 19.2 Å². The number of amides is 4. The van der Waals surface area contributed by atoms with Gasteiger partial charge in [0.15, 0.2) is 0 Å². The van der Waals surface area contributed by atoms with Crippen LogP contribution in [-0.4, -0.2) is 34.9 Å². The summed E-state index contributed by atoms with van der Waals surface area (Å²) in [4.78, 5) is 45.0.